The number of likely N-dealkylation sites (tertiary alicyclic amines) is 2. The Morgan fingerprint density at radius 1 is 1.28 bits per heavy atom. The molecule has 0 bridgehead atoms. The van der Waals surface area contributed by atoms with Gasteiger partial charge in [0.05, 0.1) is 23.6 Å². The number of hydrogen-bond donors (Lipinski definition) is 2. The lowest BCUT2D eigenvalue weighted by Crippen LogP contribution is -2.32. The van der Waals surface area contributed by atoms with E-state index < -0.39 is 11.6 Å². The van der Waals surface area contributed by atoms with Crippen molar-refractivity contribution in [3.63, 3.8) is 0 Å². The Labute approximate surface area is 186 Å². The number of anilines is 1. The number of halogens is 2. The summed E-state index contributed by atoms with van der Waals surface area (Å²) in [6, 6.07) is 2.94. The van der Waals surface area contributed by atoms with Gasteiger partial charge in [0.15, 0.2) is 0 Å². The lowest BCUT2D eigenvalue weighted by atomic mass is 10.0. The van der Waals surface area contributed by atoms with Gasteiger partial charge >= 0.3 is 6.03 Å². The van der Waals surface area contributed by atoms with Crippen molar-refractivity contribution in [2.45, 2.75) is 39.2 Å². The van der Waals surface area contributed by atoms with Crippen LogP contribution in [-0.2, 0) is 0 Å². The smallest absolute Gasteiger partial charge is 0.321 e. The van der Waals surface area contributed by atoms with Gasteiger partial charge in [0, 0.05) is 31.4 Å². The first kappa shape index (κ1) is 22.0. The Balaban J connectivity index is 1.43. The molecule has 0 spiro atoms. The van der Waals surface area contributed by atoms with Gasteiger partial charge in [-0.3, -0.25) is 5.41 Å². The number of carbonyl (C=O) groups excluding carboxylic acids is 1. The minimum Gasteiger partial charge on any atom is -0.350 e. The van der Waals surface area contributed by atoms with Gasteiger partial charge in [0.2, 0.25) is 0 Å². The molecule has 9 heteroatoms. The van der Waals surface area contributed by atoms with E-state index in [1.165, 1.54) is 6.07 Å². The predicted octanol–water partition coefficient (Wildman–Crippen LogP) is 4.63. The lowest BCUT2D eigenvalue weighted by molar-refractivity contribution is 0.221. The van der Waals surface area contributed by atoms with Gasteiger partial charge in [-0.05, 0) is 56.4 Å². The van der Waals surface area contributed by atoms with Crippen molar-refractivity contribution in [1.82, 2.24) is 19.6 Å². The van der Waals surface area contributed by atoms with Crippen LogP contribution >= 0.6 is 0 Å². The van der Waals surface area contributed by atoms with E-state index in [4.69, 9.17) is 5.41 Å². The molecule has 1 aromatic carbocycles. The van der Waals surface area contributed by atoms with Gasteiger partial charge < -0.3 is 15.1 Å². The average molecular weight is 443 g/mol. The second kappa shape index (κ2) is 9.10. The minimum absolute atomic E-state index is 0.134. The molecule has 0 saturated carbocycles. The third kappa shape index (κ3) is 4.51. The van der Waals surface area contributed by atoms with Crippen LogP contribution in [0.3, 0.4) is 0 Å². The second-order valence-electron chi connectivity index (χ2n) is 8.58. The van der Waals surface area contributed by atoms with Crippen molar-refractivity contribution in [3.8, 4) is 0 Å². The minimum atomic E-state index is -0.486. The Hall–Kier alpha value is -3.23. The molecule has 0 radical (unpaired) electrons. The number of nitrogens with zero attached hydrogens (tertiary/aromatic N) is 4. The molecule has 2 aromatic rings. The number of urea groups is 1. The fourth-order valence-electron chi connectivity index (χ4n) is 4.40. The third-order valence-corrected chi connectivity index (χ3v) is 6.25. The summed E-state index contributed by atoms with van der Waals surface area (Å²) in [5.41, 5.74) is 1.63. The van der Waals surface area contributed by atoms with Crippen molar-refractivity contribution >= 4 is 23.8 Å². The molecule has 2 fully saturated rings. The van der Waals surface area contributed by atoms with Crippen LogP contribution in [0.5, 0.6) is 0 Å². The molecular weight excluding hydrogens is 414 g/mol. The largest absolute Gasteiger partial charge is 0.350 e. The van der Waals surface area contributed by atoms with E-state index in [1.807, 2.05) is 6.92 Å². The molecule has 4 rings (SSSR count). The SMILES string of the molecule is Cc1c(NC(=O)N2CC[C@H](C)C2)cnn1/C=C\C(=N)N1CCC[C@@H]1c1cc(F)ccc1F. The Kier molecular flexibility index (Phi) is 6.25. The topological polar surface area (TPSA) is 77.2 Å². The highest BCUT2D eigenvalue weighted by Gasteiger charge is 2.29. The maximum Gasteiger partial charge on any atom is 0.321 e. The summed E-state index contributed by atoms with van der Waals surface area (Å²) < 4.78 is 29.5. The van der Waals surface area contributed by atoms with E-state index in [1.54, 1.807) is 33.0 Å². The number of amides is 2. The number of benzene rings is 1. The molecule has 0 aliphatic carbocycles. The van der Waals surface area contributed by atoms with Crippen molar-refractivity contribution < 1.29 is 13.6 Å². The first-order chi connectivity index (χ1) is 15.3. The molecular formula is C23H28F2N6O. The van der Waals surface area contributed by atoms with E-state index in [2.05, 4.69) is 17.3 Å². The van der Waals surface area contributed by atoms with Crippen LogP contribution in [0.25, 0.3) is 6.20 Å². The zero-order valence-corrected chi connectivity index (χ0v) is 18.3. The molecule has 0 unspecified atom stereocenters. The molecule has 2 aliphatic heterocycles. The molecule has 3 heterocycles. The molecule has 2 amide bonds. The molecule has 2 saturated heterocycles. The predicted molar refractivity (Wildman–Crippen MR) is 119 cm³/mol. The monoisotopic (exact) mass is 442 g/mol. The number of nitrogens with one attached hydrogen (secondary N) is 2. The number of carbonyl (C=O) groups is 1. The summed E-state index contributed by atoms with van der Waals surface area (Å²) in [5.74, 6) is -0.243. The summed E-state index contributed by atoms with van der Waals surface area (Å²) in [5, 5.41) is 15.7. The highest BCUT2D eigenvalue weighted by atomic mass is 19.1. The van der Waals surface area contributed by atoms with Crippen LogP contribution in [0.2, 0.25) is 0 Å². The van der Waals surface area contributed by atoms with Gasteiger partial charge in [-0.1, -0.05) is 6.92 Å². The van der Waals surface area contributed by atoms with Crippen LogP contribution in [0, 0.1) is 29.9 Å². The van der Waals surface area contributed by atoms with Crippen molar-refractivity contribution in [2.75, 3.05) is 25.0 Å². The maximum absolute atomic E-state index is 14.3. The standard InChI is InChI=1S/C23H28F2N6O/c1-15-7-10-29(14-15)23(32)28-20-13-27-31(16(20)2)11-8-22(26)30-9-3-4-21(30)18-12-17(24)5-6-19(18)25/h5-6,8,11-13,15,21,26H,3-4,7,9-10,14H2,1-2H3,(H,28,32)/b11-8-,26-22?/t15-,21+/m0/s1. The number of hydrogen-bond acceptors (Lipinski definition) is 3. The summed E-state index contributed by atoms with van der Waals surface area (Å²) in [6.07, 6.45) is 7.27. The average Bonchev–Trinajstić information content (AvgIpc) is 3.49. The van der Waals surface area contributed by atoms with Gasteiger partial charge in [0.1, 0.15) is 17.5 Å². The lowest BCUT2D eigenvalue weighted by Gasteiger charge is -2.26. The van der Waals surface area contributed by atoms with Crippen LogP contribution in [0.4, 0.5) is 19.3 Å². The summed E-state index contributed by atoms with van der Waals surface area (Å²) in [6.45, 7) is 6.06. The summed E-state index contributed by atoms with van der Waals surface area (Å²) in [4.78, 5) is 16.0. The van der Waals surface area contributed by atoms with Crippen molar-refractivity contribution in [1.29, 1.82) is 5.41 Å². The molecule has 170 valence electrons. The van der Waals surface area contributed by atoms with E-state index in [0.717, 1.165) is 43.8 Å². The number of amidine groups is 1. The Morgan fingerprint density at radius 3 is 2.84 bits per heavy atom. The molecule has 2 atom stereocenters. The second-order valence-corrected chi connectivity index (χ2v) is 8.58. The van der Waals surface area contributed by atoms with Gasteiger partial charge in [-0.15, -0.1) is 0 Å². The van der Waals surface area contributed by atoms with E-state index >= 15 is 0 Å². The van der Waals surface area contributed by atoms with Gasteiger partial charge in [-0.25, -0.2) is 18.3 Å². The maximum atomic E-state index is 14.3. The van der Waals surface area contributed by atoms with Crippen molar-refractivity contribution in [2.24, 2.45) is 5.92 Å². The molecule has 2 N–H and O–H groups in total. The van der Waals surface area contributed by atoms with Gasteiger partial charge in [0.25, 0.3) is 0 Å². The van der Waals surface area contributed by atoms with E-state index in [-0.39, 0.29) is 23.5 Å². The fourth-order valence-corrected chi connectivity index (χ4v) is 4.40. The van der Waals surface area contributed by atoms with Crippen molar-refractivity contribution in [3.05, 3.63) is 53.4 Å². The van der Waals surface area contributed by atoms with Crippen LogP contribution < -0.4 is 5.32 Å². The van der Waals surface area contributed by atoms with Crippen LogP contribution in [0.15, 0.2) is 30.5 Å². The number of aromatic nitrogens is 2. The molecule has 7 nitrogen and oxygen atoms in total. The normalized spacial score (nSPS) is 21.0. The highest BCUT2D eigenvalue weighted by molar-refractivity contribution is 5.93. The molecule has 32 heavy (non-hydrogen) atoms. The van der Waals surface area contributed by atoms with Crippen LogP contribution in [-0.4, -0.2) is 51.1 Å². The first-order valence-electron chi connectivity index (χ1n) is 10.9. The first-order valence-corrected chi connectivity index (χ1v) is 10.9. The Morgan fingerprint density at radius 2 is 2.09 bits per heavy atom. The number of rotatable bonds is 4. The van der Waals surface area contributed by atoms with Crippen LogP contribution in [0.1, 0.15) is 43.5 Å². The van der Waals surface area contributed by atoms with E-state index in [0.29, 0.717) is 24.6 Å². The van der Waals surface area contributed by atoms with Gasteiger partial charge in [-0.2, -0.15) is 5.10 Å². The van der Waals surface area contributed by atoms with E-state index in [9.17, 15) is 13.6 Å². The Bertz CT molecular complexity index is 1050. The summed E-state index contributed by atoms with van der Waals surface area (Å²) in [7, 11) is 0. The quantitative estimate of drug-likeness (QED) is 0.535. The fraction of sp³-hybridized carbons (Fsp3) is 0.435. The highest BCUT2D eigenvalue weighted by Crippen LogP contribution is 2.34. The third-order valence-electron chi connectivity index (χ3n) is 6.25. The zero-order valence-electron chi connectivity index (χ0n) is 18.3. The summed E-state index contributed by atoms with van der Waals surface area (Å²) >= 11 is 0. The molecule has 1 aromatic heterocycles. The molecule has 2 aliphatic rings. The zero-order chi connectivity index (χ0) is 22.8.